The van der Waals surface area contributed by atoms with Gasteiger partial charge in [-0.05, 0) is 25.1 Å². The van der Waals surface area contributed by atoms with Crippen molar-refractivity contribution in [2.45, 2.75) is 25.4 Å². The normalized spacial score (nSPS) is 22.6. The van der Waals surface area contributed by atoms with Crippen LogP contribution in [-0.4, -0.2) is 73.9 Å². The Balaban J connectivity index is 1.67. The van der Waals surface area contributed by atoms with Gasteiger partial charge >= 0.3 is 6.18 Å². The highest BCUT2D eigenvalue weighted by atomic mass is 19.4. The maximum absolute atomic E-state index is 13.3. The Morgan fingerprint density at radius 3 is 2.63 bits per heavy atom. The number of halogens is 3. The van der Waals surface area contributed by atoms with E-state index in [-0.39, 0.29) is 18.1 Å². The SMILES string of the molecule is [C-]#[N+]CCN1CCN(C(=O)[C@@H]2CN(c3ccc(C#N)c(C(F)(F)F)c3)[C@@H](C)O2)CC1. The molecule has 160 valence electrons. The van der Waals surface area contributed by atoms with Crippen LogP contribution in [0.25, 0.3) is 4.85 Å². The average Bonchev–Trinajstić information content (AvgIpc) is 3.12. The monoisotopic (exact) mass is 421 g/mol. The number of ether oxygens (including phenoxy) is 1. The van der Waals surface area contributed by atoms with E-state index in [9.17, 15) is 18.0 Å². The number of benzene rings is 1. The third-order valence-electron chi connectivity index (χ3n) is 5.41. The van der Waals surface area contributed by atoms with E-state index in [4.69, 9.17) is 16.6 Å². The minimum atomic E-state index is -4.65. The van der Waals surface area contributed by atoms with E-state index in [1.165, 1.54) is 6.07 Å². The fourth-order valence-electron chi connectivity index (χ4n) is 3.76. The van der Waals surface area contributed by atoms with Gasteiger partial charge in [0, 0.05) is 31.9 Å². The van der Waals surface area contributed by atoms with E-state index < -0.39 is 29.6 Å². The molecule has 2 heterocycles. The molecule has 0 N–H and O–H groups in total. The summed E-state index contributed by atoms with van der Waals surface area (Å²) in [7, 11) is 0. The molecule has 10 heteroatoms. The Bertz CT molecular complexity index is 869. The third kappa shape index (κ3) is 4.66. The molecule has 2 aliphatic heterocycles. The summed E-state index contributed by atoms with van der Waals surface area (Å²) in [5, 5.41) is 8.96. The van der Waals surface area contributed by atoms with Crippen molar-refractivity contribution in [3.63, 3.8) is 0 Å². The van der Waals surface area contributed by atoms with Crippen molar-refractivity contribution in [1.29, 1.82) is 5.26 Å². The molecule has 0 aromatic heterocycles. The van der Waals surface area contributed by atoms with Crippen molar-refractivity contribution in [2.75, 3.05) is 50.7 Å². The molecule has 1 amide bonds. The van der Waals surface area contributed by atoms with Gasteiger partial charge in [0.2, 0.25) is 6.54 Å². The second-order valence-corrected chi connectivity index (χ2v) is 7.26. The van der Waals surface area contributed by atoms with Gasteiger partial charge < -0.3 is 19.4 Å². The number of carbonyl (C=O) groups excluding carboxylic acids is 1. The molecule has 1 aromatic rings. The molecule has 2 atom stereocenters. The molecule has 0 unspecified atom stereocenters. The number of alkyl halides is 3. The van der Waals surface area contributed by atoms with Gasteiger partial charge in [-0.3, -0.25) is 9.69 Å². The highest BCUT2D eigenvalue weighted by molar-refractivity contribution is 5.82. The van der Waals surface area contributed by atoms with E-state index >= 15 is 0 Å². The van der Waals surface area contributed by atoms with Crippen LogP contribution < -0.4 is 4.90 Å². The molecule has 2 aliphatic rings. The highest BCUT2D eigenvalue weighted by Crippen LogP contribution is 2.36. The first-order chi connectivity index (χ1) is 14.2. The summed E-state index contributed by atoms with van der Waals surface area (Å²) in [5.74, 6) is -0.182. The van der Waals surface area contributed by atoms with Crippen LogP contribution in [-0.2, 0) is 15.7 Å². The average molecular weight is 421 g/mol. The highest BCUT2D eigenvalue weighted by Gasteiger charge is 2.39. The van der Waals surface area contributed by atoms with Crippen molar-refractivity contribution in [2.24, 2.45) is 0 Å². The van der Waals surface area contributed by atoms with Crippen LogP contribution in [0.5, 0.6) is 0 Å². The maximum Gasteiger partial charge on any atom is 0.417 e. The zero-order valence-corrected chi connectivity index (χ0v) is 16.5. The first-order valence-electron chi connectivity index (χ1n) is 9.62. The molecular weight excluding hydrogens is 399 g/mol. The van der Waals surface area contributed by atoms with Gasteiger partial charge in [0.1, 0.15) is 6.23 Å². The summed E-state index contributed by atoms with van der Waals surface area (Å²) >= 11 is 0. The quantitative estimate of drug-likeness (QED) is 0.698. The Morgan fingerprint density at radius 2 is 2.03 bits per heavy atom. The second kappa shape index (κ2) is 8.90. The number of nitriles is 1. The Kier molecular flexibility index (Phi) is 6.49. The predicted octanol–water partition coefficient (Wildman–Crippen LogP) is 2.19. The first-order valence-corrected chi connectivity index (χ1v) is 9.62. The van der Waals surface area contributed by atoms with Crippen molar-refractivity contribution in [3.05, 3.63) is 40.7 Å². The van der Waals surface area contributed by atoms with Crippen molar-refractivity contribution >= 4 is 11.6 Å². The lowest BCUT2D eigenvalue weighted by atomic mass is 10.1. The van der Waals surface area contributed by atoms with Crippen molar-refractivity contribution in [3.8, 4) is 6.07 Å². The summed E-state index contributed by atoms with van der Waals surface area (Å²) < 4.78 is 45.6. The Hall–Kier alpha value is -2.82. The molecule has 0 aliphatic carbocycles. The summed E-state index contributed by atoms with van der Waals surface area (Å²) in [4.78, 5) is 21.6. The third-order valence-corrected chi connectivity index (χ3v) is 5.41. The molecule has 7 nitrogen and oxygen atoms in total. The second-order valence-electron chi connectivity index (χ2n) is 7.26. The lowest BCUT2D eigenvalue weighted by molar-refractivity contribution is -0.143. The van der Waals surface area contributed by atoms with Crippen LogP contribution in [0.2, 0.25) is 0 Å². The van der Waals surface area contributed by atoms with E-state index in [2.05, 4.69) is 9.74 Å². The smallest absolute Gasteiger partial charge is 0.344 e. The first kappa shape index (κ1) is 21.9. The lowest BCUT2D eigenvalue weighted by Crippen LogP contribution is -2.52. The van der Waals surface area contributed by atoms with E-state index in [1.54, 1.807) is 22.8 Å². The number of rotatable bonds is 4. The minimum Gasteiger partial charge on any atom is -0.344 e. The summed E-state index contributed by atoms with van der Waals surface area (Å²) in [5.41, 5.74) is -1.18. The minimum absolute atomic E-state index is 0.140. The van der Waals surface area contributed by atoms with Gasteiger partial charge in [-0.2, -0.15) is 18.4 Å². The fourth-order valence-corrected chi connectivity index (χ4v) is 3.76. The molecular formula is C20H22F3N5O2. The molecule has 30 heavy (non-hydrogen) atoms. The number of nitrogens with zero attached hydrogens (tertiary/aromatic N) is 5. The van der Waals surface area contributed by atoms with Gasteiger partial charge in [-0.15, -0.1) is 0 Å². The lowest BCUT2D eigenvalue weighted by Gasteiger charge is -2.34. The zero-order valence-electron chi connectivity index (χ0n) is 16.5. The van der Waals surface area contributed by atoms with Crippen molar-refractivity contribution in [1.82, 2.24) is 9.80 Å². The standard InChI is InChI=1S/C20H22F3N5O2/c1-14-28(16-4-3-15(12-24)17(11-16)20(21,22)23)13-18(30-14)19(29)27-9-7-26(8-10-27)6-5-25-2/h3-4,11,14,18H,5-10,13H2,1H3/t14-,18+/m1/s1. The molecule has 0 spiro atoms. The molecule has 2 fully saturated rings. The van der Waals surface area contributed by atoms with Crippen molar-refractivity contribution < 1.29 is 22.7 Å². The molecule has 0 saturated carbocycles. The van der Waals surface area contributed by atoms with E-state index in [1.807, 2.05) is 0 Å². The van der Waals surface area contributed by atoms with Crippen LogP contribution >= 0.6 is 0 Å². The Morgan fingerprint density at radius 1 is 1.33 bits per heavy atom. The van der Waals surface area contributed by atoms with Crippen LogP contribution in [0, 0.1) is 17.9 Å². The van der Waals surface area contributed by atoms with Crippen LogP contribution in [0.15, 0.2) is 18.2 Å². The molecule has 1 aromatic carbocycles. The molecule has 3 rings (SSSR count). The molecule has 0 radical (unpaired) electrons. The summed E-state index contributed by atoms with van der Waals surface area (Å²) in [6, 6.07) is 5.08. The van der Waals surface area contributed by atoms with Gasteiger partial charge in [-0.25, -0.2) is 6.57 Å². The summed E-state index contributed by atoms with van der Waals surface area (Å²) in [6.45, 7) is 12.2. The van der Waals surface area contributed by atoms with Crippen LogP contribution in [0.3, 0.4) is 0 Å². The number of piperazine rings is 1. The largest absolute Gasteiger partial charge is 0.417 e. The predicted molar refractivity (Wildman–Crippen MR) is 102 cm³/mol. The zero-order chi connectivity index (χ0) is 21.9. The molecule has 2 saturated heterocycles. The number of hydrogen-bond donors (Lipinski definition) is 0. The van der Waals surface area contributed by atoms with Gasteiger partial charge in [0.25, 0.3) is 5.91 Å². The summed E-state index contributed by atoms with van der Waals surface area (Å²) in [6.07, 6.45) is -5.99. The number of hydrogen-bond acceptors (Lipinski definition) is 5. The van der Waals surface area contributed by atoms with Gasteiger partial charge in [0.15, 0.2) is 6.10 Å². The topological polar surface area (TPSA) is 64.2 Å². The number of anilines is 1. The number of amides is 1. The molecule has 0 bridgehead atoms. The van der Waals surface area contributed by atoms with Gasteiger partial charge in [0.05, 0.1) is 30.3 Å². The van der Waals surface area contributed by atoms with Gasteiger partial charge in [-0.1, -0.05) is 0 Å². The maximum atomic E-state index is 13.3. The van der Waals surface area contributed by atoms with Crippen LogP contribution in [0.4, 0.5) is 18.9 Å². The number of carbonyl (C=O) groups is 1. The Labute approximate surface area is 173 Å². The van der Waals surface area contributed by atoms with Crippen LogP contribution in [0.1, 0.15) is 18.1 Å². The van der Waals surface area contributed by atoms with E-state index in [0.29, 0.717) is 39.3 Å². The fraction of sp³-hybridized carbons (Fsp3) is 0.550. The van der Waals surface area contributed by atoms with E-state index in [0.717, 1.165) is 12.1 Å².